The Kier molecular flexibility index (Phi) is 4.02. The number of nitriles is 1. The molecule has 4 heteroatoms. The minimum atomic E-state index is -0.271. The number of nitrogens with one attached hydrogen (secondary N) is 1. The van der Waals surface area contributed by atoms with Crippen molar-refractivity contribution in [2.24, 2.45) is 0 Å². The van der Waals surface area contributed by atoms with E-state index in [1.165, 1.54) is 5.56 Å². The summed E-state index contributed by atoms with van der Waals surface area (Å²) in [5.41, 5.74) is 1.93. The van der Waals surface area contributed by atoms with Crippen LogP contribution >= 0.6 is 0 Å². The molecule has 1 aliphatic heterocycles. The fourth-order valence-electron chi connectivity index (χ4n) is 3.01. The molecule has 3 rings (SSSR count). The van der Waals surface area contributed by atoms with E-state index in [9.17, 15) is 0 Å². The van der Waals surface area contributed by atoms with Gasteiger partial charge in [0.2, 0.25) is 0 Å². The standard InChI is InChI=1S/C16H20N2O2/c17-11-13-1-3-14(4-2-13)12-18-15-5-7-16(8-6-15)19-9-10-20-16/h1-4,15,18H,5-10,12H2. The molecule has 1 heterocycles. The summed E-state index contributed by atoms with van der Waals surface area (Å²) in [5, 5.41) is 12.4. The highest BCUT2D eigenvalue weighted by Gasteiger charge is 2.40. The van der Waals surface area contributed by atoms with Crippen LogP contribution in [-0.4, -0.2) is 25.0 Å². The average molecular weight is 272 g/mol. The molecular weight excluding hydrogens is 252 g/mol. The summed E-state index contributed by atoms with van der Waals surface area (Å²) in [6, 6.07) is 10.4. The second-order valence-corrected chi connectivity index (χ2v) is 5.57. The van der Waals surface area contributed by atoms with Crippen LogP contribution in [0.4, 0.5) is 0 Å². The van der Waals surface area contributed by atoms with Crippen LogP contribution < -0.4 is 5.32 Å². The quantitative estimate of drug-likeness (QED) is 0.917. The predicted octanol–water partition coefficient (Wildman–Crippen LogP) is 2.33. The molecule has 1 spiro atoms. The Morgan fingerprint density at radius 2 is 1.80 bits per heavy atom. The van der Waals surface area contributed by atoms with Crippen molar-refractivity contribution in [2.45, 2.75) is 44.1 Å². The van der Waals surface area contributed by atoms with Crippen LogP contribution in [0.15, 0.2) is 24.3 Å². The van der Waals surface area contributed by atoms with E-state index in [2.05, 4.69) is 11.4 Å². The Labute approximate surface area is 119 Å². The van der Waals surface area contributed by atoms with Crippen LogP contribution in [0.3, 0.4) is 0 Å². The number of nitrogens with zero attached hydrogens (tertiary/aromatic N) is 1. The molecule has 1 saturated heterocycles. The van der Waals surface area contributed by atoms with Crippen LogP contribution in [0.25, 0.3) is 0 Å². The zero-order valence-corrected chi connectivity index (χ0v) is 11.6. The van der Waals surface area contributed by atoms with Crippen molar-refractivity contribution < 1.29 is 9.47 Å². The third-order valence-electron chi connectivity index (χ3n) is 4.24. The predicted molar refractivity (Wildman–Crippen MR) is 74.9 cm³/mol. The number of ether oxygens (including phenoxy) is 2. The average Bonchev–Trinajstić information content (AvgIpc) is 2.96. The Morgan fingerprint density at radius 3 is 2.40 bits per heavy atom. The first kappa shape index (κ1) is 13.6. The molecule has 0 atom stereocenters. The smallest absolute Gasteiger partial charge is 0.168 e. The van der Waals surface area contributed by atoms with Crippen LogP contribution in [0.5, 0.6) is 0 Å². The van der Waals surface area contributed by atoms with Gasteiger partial charge in [0.1, 0.15) is 0 Å². The maximum atomic E-state index is 8.77. The van der Waals surface area contributed by atoms with Gasteiger partial charge in [-0.25, -0.2) is 0 Å². The summed E-state index contributed by atoms with van der Waals surface area (Å²) in [6.45, 7) is 2.33. The van der Waals surface area contributed by atoms with Gasteiger partial charge in [-0.2, -0.15) is 5.26 Å². The van der Waals surface area contributed by atoms with Crippen LogP contribution in [0.1, 0.15) is 36.8 Å². The summed E-state index contributed by atoms with van der Waals surface area (Å²) < 4.78 is 11.5. The van der Waals surface area contributed by atoms with Crippen molar-refractivity contribution in [3.05, 3.63) is 35.4 Å². The van der Waals surface area contributed by atoms with Gasteiger partial charge in [-0.15, -0.1) is 0 Å². The second-order valence-electron chi connectivity index (χ2n) is 5.57. The zero-order chi connectivity index (χ0) is 13.8. The lowest BCUT2D eigenvalue weighted by Gasteiger charge is -2.35. The lowest BCUT2D eigenvalue weighted by Crippen LogP contribution is -2.41. The molecule has 0 radical (unpaired) electrons. The Bertz CT molecular complexity index is 476. The van der Waals surface area contributed by atoms with Gasteiger partial charge in [-0.3, -0.25) is 0 Å². The molecule has 2 fully saturated rings. The van der Waals surface area contributed by atoms with E-state index in [0.29, 0.717) is 11.6 Å². The lowest BCUT2D eigenvalue weighted by atomic mass is 9.90. The summed E-state index contributed by atoms with van der Waals surface area (Å²) in [6.07, 6.45) is 4.16. The van der Waals surface area contributed by atoms with Gasteiger partial charge >= 0.3 is 0 Å². The molecule has 1 aromatic rings. The van der Waals surface area contributed by atoms with Crippen molar-refractivity contribution in [2.75, 3.05) is 13.2 Å². The number of hydrogen-bond donors (Lipinski definition) is 1. The lowest BCUT2D eigenvalue weighted by molar-refractivity contribution is -0.179. The number of benzene rings is 1. The summed E-state index contributed by atoms with van der Waals surface area (Å²) in [5.74, 6) is -0.271. The molecule has 1 aliphatic carbocycles. The van der Waals surface area contributed by atoms with Crippen LogP contribution in [-0.2, 0) is 16.0 Å². The first-order valence-corrected chi connectivity index (χ1v) is 7.30. The third kappa shape index (κ3) is 3.01. The van der Waals surface area contributed by atoms with E-state index < -0.39 is 0 Å². The van der Waals surface area contributed by atoms with E-state index in [1.54, 1.807) is 0 Å². The second kappa shape index (κ2) is 5.92. The minimum absolute atomic E-state index is 0.271. The van der Waals surface area contributed by atoms with Crippen molar-refractivity contribution >= 4 is 0 Å². The Hall–Kier alpha value is -1.41. The number of rotatable bonds is 3. The highest BCUT2D eigenvalue weighted by atomic mass is 16.7. The summed E-state index contributed by atoms with van der Waals surface area (Å²) in [4.78, 5) is 0. The van der Waals surface area contributed by atoms with Gasteiger partial charge in [-0.05, 0) is 30.5 Å². The normalized spacial score (nSPS) is 21.9. The highest BCUT2D eigenvalue weighted by Crippen LogP contribution is 2.35. The molecule has 0 bridgehead atoms. The maximum Gasteiger partial charge on any atom is 0.168 e. The molecule has 1 aromatic carbocycles. The molecule has 106 valence electrons. The molecule has 2 aliphatic rings. The highest BCUT2D eigenvalue weighted by molar-refractivity contribution is 5.31. The van der Waals surface area contributed by atoms with Gasteiger partial charge in [0.05, 0.1) is 24.8 Å². The van der Waals surface area contributed by atoms with Crippen molar-refractivity contribution in [3.8, 4) is 6.07 Å². The molecule has 1 saturated carbocycles. The van der Waals surface area contributed by atoms with Gasteiger partial charge in [0.15, 0.2) is 5.79 Å². The number of hydrogen-bond acceptors (Lipinski definition) is 4. The van der Waals surface area contributed by atoms with E-state index in [-0.39, 0.29) is 5.79 Å². The third-order valence-corrected chi connectivity index (χ3v) is 4.24. The fraction of sp³-hybridized carbons (Fsp3) is 0.562. The fourth-order valence-corrected chi connectivity index (χ4v) is 3.01. The molecule has 20 heavy (non-hydrogen) atoms. The van der Waals surface area contributed by atoms with Gasteiger partial charge < -0.3 is 14.8 Å². The van der Waals surface area contributed by atoms with E-state index in [1.807, 2.05) is 24.3 Å². The molecule has 0 amide bonds. The van der Waals surface area contributed by atoms with Crippen LogP contribution in [0.2, 0.25) is 0 Å². The minimum Gasteiger partial charge on any atom is -0.348 e. The Balaban J connectivity index is 1.46. The van der Waals surface area contributed by atoms with E-state index in [0.717, 1.165) is 45.4 Å². The molecule has 1 N–H and O–H groups in total. The van der Waals surface area contributed by atoms with Crippen LogP contribution in [0, 0.1) is 11.3 Å². The molecular formula is C16H20N2O2. The topological polar surface area (TPSA) is 54.3 Å². The first-order valence-electron chi connectivity index (χ1n) is 7.30. The Morgan fingerprint density at radius 1 is 1.15 bits per heavy atom. The monoisotopic (exact) mass is 272 g/mol. The molecule has 0 aromatic heterocycles. The molecule has 0 unspecified atom stereocenters. The van der Waals surface area contributed by atoms with E-state index in [4.69, 9.17) is 14.7 Å². The van der Waals surface area contributed by atoms with Gasteiger partial charge in [0.25, 0.3) is 0 Å². The summed E-state index contributed by atoms with van der Waals surface area (Å²) in [7, 11) is 0. The SMILES string of the molecule is N#Cc1ccc(CNC2CCC3(CC2)OCCO3)cc1. The van der Waals surface area contributed by atoms with Gasteiger partial charge in [-0.1, -0.05) is 12.1 Å². The van der Waals surface area contributed by atoms with Crippen molar-refractivity contribution in [1.29, 1.82) is 5.26 Å². The van der Waals surface area contributed by atoms with Crippen molar-refractivity contribution in [3.63, 3.8) is 0 Å². The van der Waals surface area contributed by atoms with Gasteiger partial charge in [0, 0.05) is 25.4 Å². The first-order chi connectivity index (χ1) is 9.80. The largest absolute Gasteiger partial charge is 0.348 e. The van der Waals surface area contributed by atoms with Crippen molar-refractivity contribution in [1.82, 2.24) is 5.32 Å². The molecule has 4 nitrogen and oxygen atoms in total. The summed E-state index contributed by atoms with van der Waals surface area (Å²) >= 11 is 0. The van der Waals surface area contributed by atoms with E-state index >= 15 is 0 Å². The maximum absolute atomic E-state index is 8.77. The zero-order valence-electron chi connectivity index (χ0n) is 11.6.